The number of ether oxygens (including phenoxy) is 1. The Hall–Kier alpha value is -1.90. The van der Waals surface area contributed by atoms with Gasteiger partial charge >= 0.3 is 5.97 Å². The molecule has 1 aromatic rings. The third kappa shape index (κ3) is 6.39. The maximum Gasteiger partial charge on any atom is 0.307 e. The quantitative estimate of drug-likeness (QED) is 0.705. The maximum absolute atomic E-state index is 11.0. The van der Waals surface area contributed by atoms with Crippen LogP contribution in [0.5, 0.6) is 0 Å². The van der Waals surface area contributed by atoms with Crippen molar-refractivity contribution in [3.63, 3.8) is 0 Å². The first-order valence-corrected chi connectivity index (χ1v) is 7.00. The van der Waals surface area contributed by atoms with Gasteiger partial charge in [-0.05, 0) is 24.1 Å². The van der Waals surface area contributed by atoms with E-state index < -0.39 is 11.9 Å². The number of nitriles is 1. The molecular formula is C16H22N2O3. The molecule has 1 rings (SSSR count). The summed E-state index contributed by atoms with van der Waals surface area (Å²) in [5.74, 6) is -1.20. The van der Waals surface area contributed by atoms with Crippen molar-refractivity contribution in [2.45, 2.75) is 19.9 Å². The van der Waals surface area contributed by atoms with E-state index in [9.17, 15) is 4.79 Å². The second kappa shape index (κ2) is 9.11. The average molecular weight is 290 g/mol. The van der Waals surface area contributed by atoms with E-state index in [2.05, 4.69) is 11.0 Å². The lowest BCUT2D eigenvalue weighted by atomic mass is 10.1. The van der Waals surface area contributed by atoms with Crippen LogP contribution in [0.15, 0.2) is 24.3 Å². The molecule has 0 aliphatic carbocycles. The minimum Gasteiger partial charge on any atom is -0.481 e. The van der Waals surface area contributed by atoms with Gasteiger partial charge in [0.2, 0.25) is 0 Å². The number of hydrogen-bond acceptors (Lipinski definition) is 4. The standard InChI is InChI=1S/C16H22N2O3/c1-13(16(19)20)11-18(8-3-9-21-2)12-15-6-4-14(10-17)5-7-15/h4-7,13H,3,8-9,11-12H2,1-2H3,(H,19,20). The first-order chi connectivity index (χ1) is 10.1. The minimum atomic E-state index is -0.786. The van der Waals surface area contributed by atoms with E-state index in [1.54, 1.807) is 26.2 Å². The van der Waals surface area contributed by atoms with Crippen LogP contribution in [0.3, 0.4) is 0 Å². The fraction of sp³-hybridized carbons (Fsp3) is 0.500. The number of hydrogen-bond donors (Lipinski definition) is 1. The van der Waals surface area contributed by atoms with Crippen molar-refractivity contribution in [2.75, 3.05) is 26.8 Å². The monoisotopic (exact) mass is 290 g/mol. The molecule has 114 valence electrons. The van der Waals surface area contributed by atoms with E-state index in [0.29, 0.717) is 25.3 Å². The molecule has 0 fully saturated rings. The molecule has 0 spiro atoms. The Bertz CT molecular complexity index is 479. The van der Waals surface area contributed by atoms with Gasteiger partial charge < -0.3 is 9.84 Å². The summed E-state index contributed by atoms with van der Waals surface area (Å²) in [6.07, 6.45) is 0.860. The zero-order valence-corrected chi connectivity index (χ0v) is 12.6. The van der Waals surface area contributed by atoms with Gasteiger partial charge in [-0.2, -0.15) is 5.26 Å². The molecule has 5 heteroatoms. The van der Waals surface area contributed by atoms with Gasteiger partial charge in [0, 0.05) is 33.4 Å². The molecule has 0 amide bonds. The molecule has 21 heavy (non-hydrogen) atoms. The highest BCUT2D eigenvalue weighted by Gasteiger charge is 2.16. The summed E-state index contributed by atoms with van der Waals surface area (Å²) in [6, 6.07) is 9.47. The Morgan fingerprint density at radius 3 is 2.62 bits per heavy atom. The summed E-state index contributed by atoms with van der Waals surface area (Å²) >= 11 is 0. The Morgan fingerprint density at radius 2 is 2.10 bits per heavy atom. The van der Waals surface area contributed by atoms with Crippen LogP contribution in [0, 0.1) is 17.2 Å². The van der Waals surface area contributed by atoms with Crippen molar-refractivity contribution in [3.8, 4) is 6.07 Å². The molecule has 1 unspecified atom stereocenters. The molecule has 0 aliphatic heterocycles. The van der Waals surface area contributed by atoms with Crippen LogP contribution in [-0.4, -0.2) is 42.8 Å². The summed E-state index contributed by atoms with van der Waals surface area (Å²) < 4.78 is 5.05. The summed E-state index contributed by atoms with van der Waals surface area (Å²) in [6.45, 7) is 4.33. The van der Waals surface area contributed by atoms with Crippen LogP contribution in [0.2, 0.25) is 0 Å². The summed E-state index contributed by atoms with van der Waals surface area (Å²) in [5, 5.41) is 17.8. The number of carboxylic acids is 1. The molecule has 1 atom stereocenters. The van der Waals surface area contributed by atoms with E-state index in [0.717, 1.165) is 18.5 Å². The van der Waals surface area contributed by atoms with Crippen molar-refractivity contribution in [3.05, 3.63) is 35.4 Å². The zero-order chi connectivity index (χ0) is 15.7. The van der Waals surface area contributed by atoms with Gasteiger partial charge in [0.15, 0.2) is 0 Å². The number of methoxy groups -OCH3 is 1. The lowest BCUT2D eigenvalue weighted by molar-refractivity contribution is -0.141. The van der Waals surface area contributed by atoms with Gasteiger partial charge in [-0.1, -0.05) is 19.1 Å². The third-order valence-electron chi connectivity index (χ3n) is 3.27. The summed E-state index contributed by atoms with van der Waals surface area (Å²) in [7, 11) is 1.66. The molecular weight excluding hydrogens is 268 g/mol. The SMILES string of the molecule is COCCCN(Cc1ccc(C#N)cc1)CC(C)C(=O)O. The Morgan fingerprint density at radius 1 is 1.43 bits per heavy atom. The number of carboxylic acid groups (broad SMARTS) is 1. The van der Waals surface area contributed by atoms with Crippen molar-refractivity contribution >= 4 is 5.97 Å². The second-order valence-corrected chi connectivity index (χ2v) is 5.13. The zero-order valence-electron chi connectivity index (χ0n) is 12.6. The Balaban J connectivity index is 2.65. The van der Waals surface area contributed by atoms with Crippen LogP contribution >= 0.6 is 0 Å². The first kappa shape index (κ1) is 17.2. The van der Waals surface area contributed by atoms with E-state index in [1.807, 2.05) is 12.1 Å². The van der Waals surface area contributed by atoms with Crippen molar-refractivity contribution < 1.29 is 14.6 Å². The molecule has 0 saturated carbocycles. The predicted octanol–water partition coefficient (Wildman–Crippen LogP) is 2.12. The second-order valence-electron chi connectivity index (χ2n) is 5.13. The molecule has 0 saturated heterocycles. The van der Waals surface area contributed by atoms with E-state index in [4.69, 9.17) is 15.1 Å². The van der Waals surface area contributed by atoms with E-state index in [-0.39, 0.29) is 0 Å². The lowest BCUT2D eigenvalue weighted by Crippen LogP contribution is -2.32. The van der Waals surface area contributed by atoms with Crippen molar-refractivity contribution in [2.24, 2.45) is 5.92 Å². The number of carbonyl (C=O) groups is 1. The van der Waals surface area contributed by atoms with Gasteiger partial charge in [0.1, 0.15) is 0 Å². The smallest absolute Gasteiger partial charge is 0.307 e. The first-order valence-electron chi connectivity index (χ1n) is 7.00. The number of benzene rings is 1. The minimum absolute atomic E-state index is 0.411. The molecule has 0 radical (unpaired) electrons. The van der Waals surface area contributed by atoms with Crippen LogP contribution in [0.4, 0.5) is 0 Å². The van der Waals surface area contributed by atoms with Crippen LogP contribution in [0.1, 0.15) is 24.5 Å². The normalized spacial score (nSPS) is 12.1. The summed E-state index contributed by atoms with van der Waals surface area (Å²) in [4.78, 5) is 13.1. The highest BCUT2D eigenvalue weighted by atomic mass is 16.5. The van der Waals surface area contributed by atoms with E-state index in [1.165, 1.54) is 0 Å². The van der Waals surface area contributed by atoms with Crippen LogP contribution in [0.25, 0.3) is 0 Å². The number of aliphatic carboxylic acids is 1. The third-order valence-corrected chi connectivity index (χ3v) is 3.27. The average Bonchev–Trinajstić information content (AvgIpc) is 2.48. The molecule has 0 aliphatic rings. The Labute approximate surface area is 125 Å². The molecule has 0 aromatic heterocycles. The van der Waals surface area contributed by atoms with Crippen LogP contribution < -0.4 is 0 Å². The molecule has 0 bridgehead atoms. The Kier molecular flexibility index (Phi) is 7.44. The molecule has 1 N–H and O–H groups in total. The van der Waals surface area contributed by atoms with E-state index >= 15 is 0 Å². The van der Waals surface area contributed by atoms with Gasteiger partial charge in [0.25, 0.3) is 0 Å². The van der Waals surface area contributed by atoms with Gasteiger partial charge in [-0.15, -0.1) is 0 Å². The topological polar surface area (TPSA) is 73.6 Å². The highest BCUT2D eigenvalue weighted by molar-refractivity contribution is 5.69. The predicted molar refractivity (Wildman–Crippen MR) is 79.7 cm³/mol. The van der Waals surface area contributed by atoms with Gasteiger partial charge in [-0.3, -0.25) is 9.69 Å². The summed E-state index contributed by atoms with van der Waals surface area (Å²) in [5.41, 5.74) is 1.70. The molecule has 1 aromatic carbocycles. The molecule has 0 heterocycles. The fourth-order valence-electron chi connectivity index (χ4n) is 2.08. The molecule has 5 nitrogen and oxygen atoms in total. The van der Waals surface area contributed by atoms with Gasteiger partial charge in [0.05, 0.1) is 17.6 Å². The maximum atomic E-state index is 11.0. The van der Waals surface area contributed by atoms with Gasteiger partial charge in [-0.25, -0.2) is 0 Å². The van der Waals surface area contributed by atoms with Crippen molar-refractivity contribution in [1.82, 2.24) is 4.90 Å². The lowest BCUT2D eigenvalue weighted by Gasteiger charge is -2.24. The number of nitrogens with zero attached hydrogens (tertiary/aromatic N) is 2. The number of rotatable bonds is 9. The van der Waals surface area contributed by atoms with Crippen molar-refractivity contribution in [1.29, 1.82) is 5.26 Å². The van der Waals surface area contributed by atoms with Crippen LogP contribution in [-0.2, 0) is 16.1 Å². The largest absolute Gasteiger partial charge is 0.481 e. The highest BCUT2D eigenvalue weighted by Crippen LogP contribution is 2.10. The fourth-order valence-corrected chi connectivity index (χ4v) is 2.08.